The maximum absolute atomic E-state index is 13.2. The molecule has 1 aromatic carbocycles. The molecule has 4 rings (SSSR count). The van der Waals surface area contributed by atoms with Gasteiger partial charge in [0.25, 0.3) is 5.82 Å². The number of benzene rings is 1. The lowest BCUT2D eigenvalue weighted by molar-refractivity contribution is -0.145. The lowest BCUT2D eigenvalue weighted by atomic mass is 9.73. The van der Waals surface area contributed by atoms with Crippen molar-refractivity contribution in [3.63, 3.8) is 0 Å². The molecular formula is C19H19F3N4O2. The second kappa shape index (κ2) is 6.08. The van der Waals surface area contributed by atoms with Crippen molar-refractivity contribution in [2.24, 2.45) is 5.41 Å². The predicted octanol–water partition coefficient (Wildman–Crippen LogP) is 3.96. The Kier molecular flexibility index (Phi) is 4.02. The second-order valence-electron chi connectivity index (χ2n) is 7.80. The van der Waals surface area contributed by atoms with Crippen LogP contribution in [0.4, 0.5) is 19.1 Å². The van der Waals surface area contributed by atoms with Crippen LogP contribution in [0.5, 0.6) is 5.75 Å². The van der Waals surface area contributed by atoms with E-state index in [1.807, 2.05) is 13.8 Å². The molecule has 0 radical (unpaired) electrons. The van der Waals surface area contributed by atoms with Gasteiger partial charge in [0.15, 0.2) is 5.78 Å². The van der Waals surface area contributed by atoms with E-state index in [2.05, 4.69) is 15.4 Å². The number of para-hydroxylation sites is 1. The van der Waals surface area contributed by atoms with Gasteiger partial charge in [-0.2, -0.15) is 18.2 Å². The quantitative estimate of drug-likeness (QED) is 0.838. The summed E-state index contributed by atoms with van der Waals surface area (Å²) in [6.07, 6.45) is -3.87. The largest absolute Gasteiger partial charge is 0.496 e. The summed E-state index contributed by atoms with van der Waals surface area (Å²) in [7, 11) is 1.48. The standard InChI is InChI=1S/C19H19F3N4O2/c1-18(2)8-11-14(12(27)9-18)15(10-6-4-5-7-13(10)28-3)26-17(23-11)24-16(25-26)19(20,21)22/h4-7,15H,8-9H2,1-3H3,(H,23,24,25). The minimum Gasteiger partial charge on any atom is -0.496 e. The number of nitrogens with zero attached hydrogens (tertiary/aromatic N) is 3. The number of anilines is 1. The Morgan fingerprint density at radius 3 is 2.64 bits per heavy atom. The van der Waals surface area contributed by atoms with E-state index in [0.717, 1.165) is 4.68 Å². The number of carbonyl (C=O) groups is 1. The number of rotatable bonds is 2. The molecule has 0 amide bonds. The minimum atomic E-state index is -4.69. The van der Waals surface area contributed by atoms with Crippen LogP contribution in [0.3, 0.4) is 0 Å². The molecule has 2 aromatic rings. The van der Waals surface area contributed by atoms with E-state index in [9.17, 15) is 18.0 Å². The number of methoxy groups -OCH3 is 1. The fourth-order valence-corrected chi connectivity index (χ4v) is 3.91. The Hall–Kier alpha value is -2.84. The molecule has 1 aromatic heterocycles. The van der Waals surface area contributed by atoms with E-state index in [-0.39, 0.29) is 17.1 Å². The molecular weight excluding hydrogens is 373 g/mol. The van der Waals surface area contributed by atoms with Crippen LogP contribution in [0.25, 0.3) is 0 Å². The first-order valence-electron chi connectivity index (χ1n) is 8.80. The van der Waals surface area contributed by atoms with Gasteiger partial charge in [-0.1, -0.05) is 32.0 Å². The maximum atomic E-state index is 13.2. The zero-order chi connectivity index (χ0) is 20.3. The van der Waals surface area contributed by atoms with Gasteiger partial charge < -0.3 is 10.1 Å². The monoisotopic (exact) mass is 392 g/mol. The van der Waals surface area contributed by atoms with Gasteiger partial charge in [0.05, 0.1) is 7.11 Å². The van der Waals surface area contributed by atoms with Crippen molar-refractivity contribution in [2.45, 2.75) is 38.9 Å². The number of fused-ring (bicyclic) bond motifs is 1. The molecule has 1 aliphatic heterocycles. The second-order valence-corrected chi connectivity index (χ2v) is 7.80. The Labute approximate surface area is 159 Å². The highest BCUT2D eigenvalue weighted by atomic mass is 19.4. The van der Waals surface area contributed by atoms with Gasteiger partial charge in [-0.15, -0.1) is 5.10 Å². The molecule has 1 atom stereocenters. The van der Waals surface area contributed by atoms with Crippen molar-refractivity contribution in [2.75, 3.05) is 12.4 Å². The average Bonchev–Trinajstić information content (AvgIpc) is 3.03. The first kappa shape index (κ1) is 18.5. The molecule has 6 nitrogen and oxygen atoms in total. The lowest BCUT2D eigenvalue weighted by Crippen LogP contribution is -2.36. The average molecular weight is 392 g/mol. The van der Waals surface area contributed by atoms with Crippen molar-refractivity contribution in [3.8, 4) is 5.75 Å². The summed E-state index contributed by atoms with van der Waals surface area (Å²) in [4.78, 5) is 16.7. The van der Waals surface area contributed by atoms with Crippen molar-refractivity contribution in [1.82, 2.24) is 14.8 Å². The van der Waals surface area contributed by atoms with Gasteiger partial charge in [0.2, 0.25) is 5.95 Å². The third-order valence-corrected chi connectivity index (χ3v) is 5.02. The van der Waals surface area contributed by atoms with Crippen LogP contribution < -0.4 is 10.1 Å². The third kappa shape index (κ3) is 2.94. The summed E-state index contributed by atoms with van der Waals surface area (Å²) in [6.45, 7) is 3.91. The molecule has 0 saturated carbocycles. The summed E-state index contributed by atoms with van der Waals surface area (Å²) in [5.74, 6) is -0.938. The van der Waals surface area contributed by atoms with Crippen molar-refractivity contribution in [3.05, 3.63) is 46.9 Å². The topological polar surface area (TPSA) is 69.0 Å². The van der Waals surface area contributed by atoms with E-state index >= 15 is 0 Å². The highest BCUT2D eigenvalue weighted by Gasteiger charge is 2.45. The third-order valence-electron chi connectivity index (χ3n) is 5.02. The number of ketones is 1. The summed E-state index contributed by atoms with van der Waals surface area (Å²) >= 11 is 0. The van der Waals surface area contributed by atoms with E-state index < -0.39 is 18.0 Å². The van der Waals surface area contributed by atoms with Crippen LogP contribution >= 0.6 is 0 Å². The van der Waals surface area contributed by atoms with E-state index in [4.69, 9.17) is 4.74 Å². The number of nitrogens with one attached hydrogen (secondary N) is 1. The molecule has 2 aliphatic rings. The summed E-state index contributed by atoms with van der Waals surface area (Å²) in [5, 5.41) is 6.62. The first-order valence-corrected chi connectivity index (χ1v) is 8.80. The molecule has 0 bridgehead atoms. The molecule has 2 heterocycles. The van der Waals surface area contributed by atoms with Gasteiger partial charge >= 0.3 is 6.18 Å². The van der Waals surface area contributed by atoms with Gasteiger partial charge in [-0.25, -0.2) is 4.68 Å². The van der Waals surface area contributed by atoms with Gasteiger partial charge in [-0.05, 0) is 17.9 Å². The molecule has 28 heavy (non-hydrogen) atoms. The van der Waals surface area contributed by atoms with Crippen LogP contribution in [-0.4, -0.2) is 27.7 Å². The van der Waals surface area contributed by atoms with Crippen LogP contribution in [0, 0.1) is 5.41 Å². The Bertz CT molecular complexity index is 991. The fraction of sp³-hybridized carbons (Fsp3) is 0.421. The zero-order valence-corrected chi connectivity index (χ0v) is 15.6. The SMILES string of the molecule is COc1ccccc1C1C2=C(CC(C)(C)CC2=O)Nc2nc(C(F)(F)F)nn21. The van der Waals surface area contributed by atoms with Crippen molar-refractivity contribution in [1.29, 1.82) is 0 Å². The van der Waals surface area contributed by atoms with Gasteiger partial charge in [-0.3, -0.25) is 4.79 Å². The molecule has 0 fully saturated rings. The maximum Gasteiger partial charge on any atom is 0.453 e. The van der Waals surface area contributed by atoms with Crippen LogP contribution in [0.2, 0.25) is 0 Å². The Balaban J connectivity index is 1.95. The number of aromatic nitrogens is 3. The molecule has 1 aliphatic carbocycles. The van der Waals surface area contributed by atoms with E-state index in [1.165, 1.54) is 7.11 Å². The number of hydrogen-bond donors (Lipinski definition) is 1. The Morgan fingerprint density at radius 2 is 1.96 bits per heavy atom. The highest BCUT2D eigenvalue weighted by Crippen LogP contribution is 2.47. The molecule has 148 valence electrons. The number of hydrogen-bond acceptors (Lipinski definition) is 5. The number of ether oxygens (including phenoxy) is 1. The summed E-state index contributed by atoms with van der Waals surface area (Å²) in [6, 6.07) is 6.10. The minimum absolute atomic E-state index is 0.0347. The highest BCUT2D eigenvalue weighted by molar-refractivity contribution is 6.00. The lowest BCUT2D eigenvalue weighted by Gasteiger charge is -2.38. The van der Waals surface area contributed by atoms with E-state index in [1.54, 1.807) is 24.3 Å². The van der Waals surface area contributed by atoms with Crippen molar-refractivity contribution < 1.29 is 22.7 Å². The van der Waals surface area contributed by atoms with E-state index in [0.29, 0.717) is 35.4 Å². The fourth-order valence-electron chi connectivity index (χ4n) is 3.91. The molecule has 0 spiro atoms. The molecule has 0 saturated heterocycles. The van der Waals surface area contributed by atoms with Crippen LogP contribution in [-0.2, 0) is 11.0 Å². The van der Waals surface area contributed by atoms with Crippen LogP contribution in [0.1, 0.15) is 44.1 Å². The summed E-state index contributed by atoms with van der Waals surface area (Å²) in [5.41, 5.74) is 1.26. The molecule has 1 N–H and O–H groups in total. The number of carbonyl (C=O) groups excluding carboxylic acids is 1. The number of halogens is 3. The first-order chi connectivity index (χ1) is 13.1. The van der Waals surface area contributed by atoms with Gasteiger partial charge in [0, 0.05) is 23.3 Å². The molecule has 9 heteroatoms. The normalized spacial score (nSPS) is 21.1. The van der Waals surface area contributed by atoms with Gasteiger partial charge in [0.1, 0.15) is 11.8 Å². The van der Waals surface area contributed by atoms with Crippen LogP contribution in [0.15, 0.2) is 35.5 Å². The van der Waals surface area contributed by atoms with Crippen molar-refractivity contribution >= 4 is 11.7 Å². The predicted molar refractivity (Wildman–Crippen MR) is 94.8 cm³/mol. The Morgan fingerprint density at radius 1 is 1.25 bits per heavy atom. The smallest absolute Gasteiger partial charge is 0.453 e. The molecule has 1 unspecified atom stereocenters. The number of alkyl halides is 3. The summed E-state index contributed by atoms with van der Waals surface area (Å²) < 4.78 is 46.3. The zero-order valence-electron chi connectivity index (χ0n) is 15.6. The number of allylic oxidation sites excluding steroid dienone is 2. The number of Topliss-reactive ketones (excluding diaryl/α,β-unsaturated/α-hetero) is 1.